The molecule has 0 amide bonds. The molecule has 0 aliphatic rings. The first-order valence-corrected chi connectivity index (χ1v) is 7.24. The number of anilines is 1. The van der Waals surface area contributed by atoms with Gasteiger partial charge < -0.3 is 15.2 Å². The molecule has 0 radical (unpaired) electrons. The van der Waals surface area contributed by atoms with Gasteiger partial charge in [-0.05, 0) is 40.2 Å². The van der Waals surface area contributed by atoms with E-state index in [0.717, 1.165) is 21.5 Å². The maximum Gasteiger partial charge on any atom is 0.141 e. The van der Waals surface area contributed by atoms with Crippen molar-refractivity contribution in [3.05, 3.63) is 50.9 Å². The first-order chi connectivity index (χ1) is 9.11. The van der Waals surface area contributed by atoms with Gasteiger partial charge in [0, 0.05) is 16.6 Å². The summed E-state index contributed by atoms with van der Waals surface area (Å²) >= 11 is 6.73. The van der Waals surface area contributed by atoms with E-state index in [1.165, 1.54) is 0 Å². The summed E-state index contributed by atoms with van der Waals surface area (Å²) in [4.78, 5) is 0. The van der Waals surface area contributed by atoms with Crippen molar-refractivity contribution < 1.29 is 9.84 Å². The van der Waals surface area contributed by atoms with Crippen molar-refractivity contribution in [2.45, 2.75) is 6.54 Å². The van der Waals surface area contributed by atoms with Crippen LogP contribution in [0, 0.1) is 0 Å². The van der Waals surface area contributed by atoms with Crippen LogP contribution in [0.15, 0.2) is 45.3 Å². The number of halogens is 2. The minimum absolute atomic E-state index is 0.241. The van der Waals surface area contributed by atoms with Crippen molar-refractivity contribution in [2.24, 2.45) is 0 Å². The number of hydrogen-bond acceptors (Lipinski definition) is 3. The molecular weight excluding hydrogens is 374 g/mol. The Kier molecular flexibility index (Phi) is 4.71. The molecule has 19 heavy (non-hydrogen) atoms. The lowest BCUT2D eigenvalue weighted by molar-refractivity contribution is 0.416. The molecule has 0 fully saturated rings. The van der Waals surface area contributed by atoms with Crippen LogP contribution in [0.5, 0.6) is 11.5 Å². The fraction of sp³-hybridized carbons (Fsp3) is 0.143. The number of ether oxygens (including phenoxy) is 1. The SMILES string of the molecule is COc1ccccc1NCc1cc(Br)cc(Br)c1O. The number of nitrogens with one attached hydrogen (secondary N) is 1. The van der Waals surface area contributed by atoms with Gasteiger partial charge in [0.2, 0.25) is 0 Å². The van der Waals surface area contributed by atoms with Crippen LogP contribution in [-0.4, -0.2) is 12.2 Å². The number of methoxy groups -OCH3 is 1. The van der Waals surface area contributed by atoms with Crippen molar-refractivity contribution in [1.29, 1.82) is 0 Å². The fourth-order valence-electron chi connectivity index (χ4n) is 1.74. The van der Waals surface area contributed by atoms with Gasteiger partial charge in [-0.25, -0.2) is 0 Å². The van der Waals surface area contributed by atoms with Crippen LogP contribution < -0.4 is 10.1 Å². The van der Waals surface area contributed by atoms with E-state index in [1.807, 2.05) is 36.4 Å². The molecule has 0 aromatic heterocycles. The van der Waals surface area contributed by atoms with E-state index in [4.69, 9.17) is 4.74 Å². The van der Waals surface area contributed by atoms with Gasteiger partial charge in [0.25, 0.3) is 0 Å². The third kappa shape index (κ3) is 3.42. The van der Waals surface area contributed by atoms with Gasteiger partial charge in [0.05, 0.1) is 17.3 Å². The molecule has 0 bridgehead atoms. The third-order valence-electron chi connectivity index (χ3n) is 2.68. The highest BCUT2D eigenvalue weighted by molar-refractivity contribution is 9.11. The Bertz CT molecular complexity index is 588. The van der Waals surface area contributed by atoms with Crippen LogP contribution in [0.3, 0.4) is 0 Å². The molecule has 5 heteroatoms. The predicted molar refractivity (Wildman–Crippen MR) is 83.8 cm³/mol. The van der Waals surface area contributed by atoms with Gasteiger partial charge in [-0.15, -0.1) is 0 Å². The summed E-state index contributed by atoms with van der Waals surface area (Å²) in [5.41, 5.74) is 1.69. The number of para-hydroxylation sites is 2. The average molecular weight is 387 g/mol. The maximum absolute atomic E-state index is 9.99. The molecule has 0 unspecified atom stereocenters. The number of hydrogen-bond donors (Lipinski definition) is 2. The first kappa shape index (κ1) is 14.2. The lowest BCUT2D eigenvalue weighted by Gasteiger charge is -2.12. The van der Waals surface area contributed by atoms with Crippen LogP contribution in [0.1, 0.15) is 5.56 Å². The zero-order valence-electron chi connectivity index (χ0n) is 10.3. The normalized spacial score (nSPS) is 10.3. The Hall–Kier alpha value is -1.20. The second-order valence-electron chi connectivity index (χ2n) is 3.95. The number of phenolic OH excluding ortho intramolecular Hbond substituents is 1. The number of phenols is 1. The standard InChI is InChI=1S/C14H13Br2NO2/c1-19-13-5-3-2-4-12(13)17-8-9-6-10(15)7-11(16)14(9)18/h2-7,17-18H,8H2,1H3. The maximum atomic E-state index is 9.99. The minimum atomic E-state index is 0.241. The molecule has 2 aromatic carbocycles. The monoisotopic (exact) mass is 385 g/mol. The zero-order chi connectivity index (χ0) is 13.8. The molecule has 0 aliphatic heterocycles. The number of aromatic hydroxyl groups is 1. The Balaban J connectivity index is 2.19. The summed E-state index contributed by atoms with van der Waals surface area (Å²) in [5, 5.41) is 13.2. The highest BCUT2D eigenvalue weighted by Crippen LogP contribution is 2.32. The quantitative estimate of drug-likeness (QED) is 0.810. The van der Waals surface area contributed by atoms with E-state index < -0.39 is 0 Å². The van der Waals surface area contributed by atoms with Gasteiger partial charge in [-0.3, -0.25) is 0 Å². The molecule has 100 valence electrons. The Morgan fingerprint density at radius 2 is 1.95 bits per heavy atom. The second-order valence-corrected chi connectivity index (χ2v) is 5.72. The summed E-state index contributed by atoms with van der Waals surface area (Å²) in [5.74, 6) is 1.02. The molecule has 2 aromatic rings. The van der Waals surface area contributed by atoms with Crippen molar-refractivity contribution in [1.82, 2.24) is 0 Å². The molecule has 2 N–H and O–H groups in total. The van der Waals surface area contributed by atoms with E-state index in [0.29, 0.717) is 11.0 Å². The number of benzene rings is 2. The van der Waals surface area contributed by atoms with Crippen molar-refractivity contribution >= 4 is 37.5 Å². The zero-order valence-corrected chi connectivity index (χ0v) is 13.5. The van der Waals surface area contributed by atoms with E-state index >= 15 is 0 Å². The van der Waals surface area contributed by atoms with Gasteiger partial charge in [-0.2, -0.15) is 0 Å². The first-order valence-electron chi connectivity index (χ1n) is 5.65. The lowest BCUT2D eigenvalue weighted by atomic mass is 10.2. The molecule has 0 saturated heterocycles. The largest absolute Gasteiger partial charge is 0.506 e. The number of rotatable bonds is 4. The molecule has 0 heterocycles. The molecule has 3 nitrogen and oxygen atoms in total. The smallest absolute Gasteiger partial charge is 0.141 e. The topological polar surface area (TPSA) is 41.5 Å². The van der Waals surface area contributed by atoms with Crippen molar-refractivity contribution in [3.8, 4) is 11.5 Å². The Morgan fingerprint density at radius 3 is 2.68 bits per heavy atom. The lowest BCUT2D eigenvalue weighted by Crippen LogP contribution is -2.01. The van der Waals surface area contributed by atoms with E-state index in [9.17, 15) is 5.11 Å². The van der Waals surface area contributed by atoms with Crippen molar-refractivity contribution in [2.75, 3.05) is 12.4 Å². The predicted octanol–water partition coefficient (Wildman–Crippen LogP) is 4.54. The summed E-state index contributed by atoms with van der Waals surface area (Å²) in [6, 6.07) is 11.4. The molecule has 2 rings (SSSR count). The van der Waals surface area contributed by atoms with Crippen LogP contribution in [0.4, 0.5) is 5.69 Å². The highest BCUT2D eigenvalue weighted by Gasteiger charge is 2.08. The fourth-order valence-corrected chi connectivity index (χ4v) is 3.05. The summed E-state index contributed by atoms with van der Waals surface area (Å²) in [7, 11) is 1.63. The van der Waals surface area contributed by atoms with Gasteiger partial charge in [0.1, 0.15) is 11.5 Å². The summed E-state index contributed by atoms with van der Waals surface area (Å²) < 4.78 is 6.84. The van der Waals surface area contributed by atoms with Crippen molar-refractivity contribution in [3.63, 3.8) is 0 Å². The highest BCUT2D eigenvalue weighted by atomic mass is 79.9. The third-order valence-corrected chi connectivity index (χ3v) is 3.75. The molecular formula is C14H13Br2NO2. The second kappa shape index (κ2) is 6.30. The van der Waals surface area contributed by atoms with E-state index in [-0.39, 0.29) is 5.75 Å². The van der Waals surface area contributed by atoms with Gasteiger partial charge in [0.15, 0.2) is 0 Å². The van der Waals surface area contributed by atoms with Crippen LogP contribution in [0.25, 0.3) is 0 Å². The van der Waals surface area contributed by atoms with Crippen LogP contribution in [-0.2, 0) is 6.54 Å². The molecule has 0 atom stereocenters. The van der Waals surface area contributed by atoms with Crippen LogP contribution >= 0.6 is 31.9 Å². The van der Waals surface area contributed by atoms with E-state index in [1.54, 1.807) is 7.11 Å². The minimum Gasteiger partial charge on any atom is -0.506 e. The summed E-state index contributed by atoms with van der Waals surface area (Å²) in [6.07, 6.45) is 0. The van der Waals surface area contributed by atoms with Gasteiger partial charge >= 0.3 is 0 Å². The van der Waals surface area contributed by atoms with Gasteiger partial charge in [-0.1, -0.05) is 28.1 Å². The molecule has 0 spiro atoms. The van der Waals surface area contributed by atoms with Crippen LogP contribution in [0.2, 0.25) is 0 Å². The van der Waals surface area contributed by atoms with E-state index in [2.05, 4.69) is 37.2 Å². The Morgan fingerprint density at radius 1 is 1.21 bits per heavy atom. The Labute approximate surface area is 128 Å². The average Bonchev–Trinajstić information content (AvgIpc) is 2.41. The molecule has 0 saturated carbocycles. The molecule has 0 aliphatic carbocycles. The summed E-state index contributed by atoms with van der Waals surface area (Å²) in [6.45, 7) is 0.504.